The molecule has 0 heterocycles. The van der Waals surface area contributed by atoms with Crippen molar-refractivity contribution in [3.05, 3.63) is 28.3 Å². The number of rotatable bonds is 4. The highest BCUT2D eigenvalue weighted by molar-refractivity contribution is 7.89. The molecule has 0 aromatic heterocycles. The van der Waals surface area contributed by atoms with Crippen molar-refractivity contribution in [3.8, 4) is 0 Å². The van der Waals surface area contributed by atoms with Gasteiger partial charge in [0.05, 0.1) is 11.0 Å². The number of hydrogen-bond donors (Lipinski definition) is 2. The minimum Gasteiger partial charge on any atom is -0.392 e. The zero-order valence-electron chi connectivity index (χ0n) is 11.5. The Kier molecular flexibility index (Phi) is 4.53. The molecule has 0 amide bonds. The van der Waals surface area contributed by atoms with Gasteiger partial charge in [-0.3, -0.25) is 0 Å². The molecule has 0 fully saturated rings. The van der Waals surface area contributed by atoms with Gasteiger partial charge in [0.25, 0.3) is 0 Å². The second-order valence-electron chi connectivity index (χ2n) is 4.79. The standard InChI is InChI=1S/C13H21NO3S/c1-8-6-9(2)12(5)13(11(8)4)18(16,17)14-7-10(3)15/h6,10,14-15H,7H2,1-5H3. The van der Waals surface area contributed by atoms with Crippen molar-refractivity contribution in [2.45, 2.75) is 45.6 Å². The summed E-state index contributed by atoms with van der Waals surface area (Å²) in [6.07, 6.45) is -0.703. The Morgan fingerprint density at radius 1 is 1.17 bits per heavy atom. The average Bonchev–Trinajstić information content (AvgIpc) is 2.24. The van der Waals surface area contributed by atoms with Crippen LogP contribution in [0.15, 0.2) is 11.0 Å². The average molecular weight is 271 g/mol. The molecular formula is C13H21NO3S. The molecule has 0 aliphatic carbocycles. The number of aliphatic hydroxyl groups excluding tert-OH is 1. The highest BCUT2D eigenvalue weighted by Gasteiger charge is 2.21. The van der Waals surface area contributed by atoms with E-state index >= 15 is 0 Å². The summed E-state index contributed by atoms with van der Waals surface area (Å²) >= 11 is 0. The topological polar surface area (TPSA) is 66.4 Å². The predicted octanol–water partition coefficient (Wildman–Crippen LogP) is 1.58. The van der Waals surface area contributed by atoms with Gasteiger partial charge in [-0.25, -0.2) is 13.1 Å². The van der Waals surface area contributed by atoms with Crippen LogP contribution in [0.3, 0.4) is 0 Å². The van der Waals surface area contributed by atoms with Crippen molar-refractivity contribution in [1.82, 2.24) is 4.72 Å². The van der Waals surface area contributed by atoms with E-state index in [4.69, 9.17) is 0 Å². The maximum Gasteiger partial charge on any atom is 0.241 e. The van der Waals surface area contributed by atoms with Gasteiger partial charge in [0.15, 0.2) is 0 Å². The van der Waals surface area contributed by atoms with Crippen molar-refractivity contribution in [2.24, 2.45) is 0 Å². The third kappa shape index (κ3) is 3.10. The second-order valence-corrected chi connectivity index (χ2v) is 6.49. The van der Waals surface area contributed by atoms with Crippen LogP contribution >= 0.6 is 0 Å². The highest BCUT2D eigenvalue weighted by atomic mass is 32.2. The van der Waals surface area contributed by atoms with Gasteiger partial charge in [-0.05, 0) is 56.9 Å². The van der Waals surface area contributed by atoms with Crippen molar-refractivity contribution < 1.29 is 13.5 Å². The van der Waals surface area contributed by atoms with Gasteiger partial charge in [-0.15, -0.1) is 0 Å². The molecule has 0 aliphatic heterocycles. The van der Waals surface area contributed by atoms with E-state index < -0.39 is 16.1 Å². The summed E-state index contributed by atoms with van der Waals surface area (Å²) in [5, 5.41) is 9.18. The van der Waals surface area contributed by atoms with Gasteiger partial charge >= 0.3 is 0 Å². The lowest BCUT2D eigenvalue weighted by molar-refractivity contribution is 0.198. The Balaban J connectivity index is 3.32. The lowest BCUT2D eigenvalue weighted by atomic mass is 10.0. The summed E-state index contributed by atoms with van der Waals surface area (Å²) in [4.78, 5) is 0.334. The van der Waals surface area contributed by atoms with Crippen LogP contribution < -0.4 is 4.72 Å². The van der Waals surface area contributed by atoms with Crippen LogP contribution in [0.2, 0.25) is 0 Å². The van der Waals surface area contributed by atoms with Crippen LogP contribution in [0.4, 0.5) is 0 Å². The molecule has 18 heavy (non-hydrogen) atoms. The number of benzene rings is 1. The molecule has 0 bridgehead atoms. The SMILES string of the molecule is Cc1cc(C)c(C)c(S(=O)(=O)NCC(C)O)c1C. The Morgan fingerprint density at radius 3 is 2.00 bits per heavy atom. The van der Waals surface area contributed by atoms with E-state index in [0.717, 1.165) is 22.3 Å². The van der Waals surface area contributed by atoms with Crippen molar-refractivity contribution >= 4 is 10.0 Å². The third-order valence-corrected chi connectivity index (χ3v) is 4.83. The van der Waals surface area contributed by atoms with E-state index in [2.05, 4.69) is 4.72 Å². The zero-order chi connectivity index (χ0) is 14.1. The summed E-state index contributed by atoms with van der Waals surface area (Å²) in [6.45, 7) is 8.97. The van der Waals surface area contributed by atoms with Crippen LogP contribution in [-0.2, 0) is 10.0 Å². The summed E-state index contributed by atoms with van der Waals surface area (Å²) in [6, 6.07) is 1.98. The number of hydrogen-bond acceptors (Lipinski definition) is 3. The molecule has 0 aliphatic rings. The first-order valence-corrected chi connectivity index (χ1v) is 7.40. The van der Waals surface area contributed by atoms with Gasteiger partial charge in [0.1, 0.15) is 0 Å². The normalized spacial score (nSPS) is 13.7. The molecule has 0 radical (unpaired) electrons. The van der Waals surface area contributed by atoms with Crippen LogP contribution in [-0.4, -0.2) is 26.2 Å². The van der Waals surface area contributed by atoms with Crippen LogP contribution in [0, 0.1) is 27.7 Å². The number of nitrogens with one attached hydrogen (secondary N) is 1. The summed E-state index contributed by atoms with van der Waals surface area (Å²) in [5.41, 5.74) is 3.43. The summed E-state index contributed by atoms with van der Waals surface area (Å²) in [5.74, 6) is 0. The lowest BCUT2D eigenvalue weighted by Gasteiger charge is -2.16. The molecule has 0 saturated heterocycles. The van der Waals surface area contributed by atoms with E-state index in [1.165, 1.54) is 0 Å². The first-order chi connectivity index (χ1) is 8.16. The molecule has 0 saturated carbocycles. The number of aryl methyl sites for hydroxylation is 2. The van der Waals surface area contributed by atoms with E-state index in [1.54, 1.807) is 20.8 Å². The van der Waals surface area contributed by atoms with Crippen molar-refractivity contribution in [3.63, 3.8) is 0 Å². The smallest absolute Gasteiger partial charge is 0.241 e. The molecule has 5 heteroatoms. The molecule has 102 valence electrons. The monoisotopic (exact) mass is 271 g/mol. The Bertz CT molecular complexity index is 522. The van der Waals surface area contributed by atoms with Gasteiger partial charge in [-0.1, -0.05) is 6.07 Å². The van der Waals surface area contributed by atoms with Gasteiger partial charge in [-0.2, -0.15) is 0 Å². The Labute approximate surface area is 109 Å². The maximum absolute atomic E-state index is 12.3. The zero-order valence-corrected chi connectivity index (χ0v) is 12.4. The van der Waals surface area contributed by atoms with E-state index in [1.807, 2.05) is 19.9 Å². The molecule has 1 unspecified atom stereocenters. The summed E-state index contributed by atoms with van der Waals surface area (Å²) in [7, 11) is -3.57. The Hall–Kier alpha value is -0.910. The third-order valence-electron chi connectivity index (χ3n) is 3.13. The highest BCUT2D eigenvalue weighted by Crippen LogP contribution is 2.25. The number of sulfonamides is 1. The lowest BCUT2D eigenvalue weighted by Crippen LogP contribution is -2.31. The maximum atomic E-state index is 12.3. The fraction of sp³-hybridized carbons (Fsp3) is 0.538. The first-order valence-electron chi connectivity index (χ1n) is 5.92. The van der Waals surface area contributed by atoms with Crippen molar-refractivity contribution in [2.75, 3.05) is 6.54 Å². The van der Waals surface area contributed by atoms with E-state index in [9.17, 15) is 13.5 Å². The predicted molar refractivity (Wildman–Crippen MR) is 72.3 cm³/mol. The van der Waals surface area contributed by atoms with E-state index in [-0.39, 0.29) is 6.54 Å². The summed E-state index contributed by atoms with van der Waals surface area (Å²) < 4.78 is 27.0. The quantitative estimate of drug-likeness (QED) is 0.873. The second kappa shape index (κ2) is 5.38. The first kappa shape index (κ1) is 15.1. The minimum atomic E-state index is -3.57. The van der Waals surface area contributed by atoms with Crippen LogP contribution in [0.25, 0.3) is 0 Å². The van der Waals surface area contributed by atoms with Crippen LogP contribution in [0.1, 0.15) is 29.2 Å². The molecule has 1 atom stereocenters. The molecule has 1 rings (SSSR count). The molecule has 4 nitrogen and oxygen atoms in total. The molecule has 2 N–H and O–H groups in total. The fourth-order valence-corrected chi connectivity index (χ4v) is 3.62. The molecule has 1 aromatic rings. The van der Waals surface area contributed by atoms with Gasteiger partial charge < -0.3 is 5.11 Å². The fourth-order valence-electron chi connectivity index (χ4n) is 1.89. The Morgan fingerprint density at radius 2 is 1.61 bits per heavy atom. The van der Waals surface area contributed by atoms with E-state index in [0.29, 0.717) is 4.90 Å². The van der Waals surface area contributed by atoms with Crippen molar-refractivity contribution in [1.29, 1.82) is 0 Å². The van der Waals surface area contributed by atoms with Gasteiger partial charge in [0.2, 0.25) is 10.0 Å². The molecule has 1 aromatic carbocycles. The largest absolute Gasteiger partial charge is 0.392 e. The van der Waals surface area contributed by atoms with Gasteiger partial charge in [0, 0.05) is 6.54 Å². The molecular weight excluding hydrogens is 250 g/mol. The molecule has 0 spiro atoms. The minimum absolute atomic E-state index is 0.0220. The van der Waals surface area contributed by atoms with Crippen LogP contribution in [0.5, 0.6) is 0 Å². The number of aliphatic hydroxyl groups is 1.